The minimum absolute atomic E-state index is 0.000677. The lowest BCUT2D eigenvalue weighted by Crippen LogP contribution is -2.91. The highest BCUT2D eigenvalue weighted by molar-refractivity contribution is 7.04. The summed E-state index contributed by atoms with van der Waals surface area (Å²) in [5, 5.41) is 0. The van der Waals surface area contributed by atoms with E-state index in [4.69, 9.17) is 53.5 Å². The fraction of sp³-hybridized carbons (Fsp3) is 0.957. The van der Waals surface area contributed by atoms with E-state index in [-0.39, 0.29) is 38.8 Å². The molecule has 0 N–H and O–H groups in total. The summed E-state index contributed by atoms with van der Waals surface area (Å²) in [5.41, 5.74) is 0.194. The molecular weight excluding hydrogens is 1010 g/mol. The second-order valence-electron chi connectivity index (χ2n) is 25.3. The van der Waals surface area contributed by atoms with Crippen molar-refractivity contribution in [1.82, 2.24) is 0 Å². The average molecular weight is 1100 g/mol. The summed E-state index contributed by atoms with van der Waals surface area (Å²) >= 11 is 0. The Morgan fingerprint density at radius 3 is 0.868 bits per heavy atom. The Labute approximate surface area is 417 Å². The van der Waals surface area contributed by atoms with E-state index in [0.29, 0.717) is 11.8 Å². The lowest BCUT2D eigenvalue weighted by atomic mass is 9.91. The Morgan fingerprint density at radius 2 is 0.632 bits per heavy atom. The van der Waals surface area contributed by atoms with Crippen molar-refractivity contribution in [3.63, 3.8) is 0 Å². The lowest BCUT2D eigenvalue weighted by molar-refractivity contribution is -0.0610. The molecule has 3 unspecified atom stereocenters. The van der Waals surface area contributed by atoms with Crippen LogP contribution in [0.25, 0.3) is 0 Å². The highest BCUT2D eigenvalue weighted by Crippen LogP contribution is 2.66. The number of rotatable bonds is 12. The van der Waals surface area contributed by atoms with Crippen LogP contribution in [0.3, 0.4) is 0 Å². The van der Waals surface area contributed by atoms with Crippen LogP contribution in [0, 0.1) is 17.8 Å². The molecule has 0 spiro atoms. The first kappa shape index (κ1) is 47.6. The van der Waals surface area contributed by atoms with E-state index in [9.17, 15) is 0 Å². The van der Waals surface area contributed by atoms with Crippen LogP contribution >= 0.6 is 0 Å². The van der Waals surface area contributed by atoms with Gasteiger partial charge in [-0.2, -0.15) is 0 Å². The molecule has 8 saturated carbocycles. The molecule has 6 saturated heterocycles. The van der Waals surface area contributed by atoms with Crippen LogP contribution in [0.2, 0.25) is 57.9 Å². The lowest BCUT2D eigenvalue weighted by Gasteiger charge is -2.66. The van der Waals surface area contributed by atoms with Gasteiger partial charge in [-0.05, 0) is 140 Å². The van der Waals surface area contributed by atoms with Crippen LogP contribution < -0.4 is 0 Å². The van der Waals surface area contributed by atoms with Gasteiger partial charge in [0, 0.05) is 38.8 Å². The summed E-state index contributed by atoms with van der Waals surface area (Å²) in [6.07, 6.45) is 37.7. The molecule has 68 heavy (non-hydrogen) atoms. The summed E-state index contributed by atoms with van der Waals surface area (Å²) < 4.78 is 110. The minimum Gasteiger partial charge on any atom is -0.395 e. The molecule has 0 aromatic rings. The molecule has 9 aliphatic carbocycles. The van der Waals surface area contributed by atoms with Crippen molar-refractivity contribution in [3.05, 3.63) is 12.2 Å². The molecule has 0 aromatic carbocycles. The van der Waals surface area contributed by atoms with Gasteiger partial charge in [0.1, 0.15) is 0 Å². The number of allylic oxidation sites excluding steroid dienone is 2. The van der Waals surface area contributed by atoms with Gasteiger partial charge in [0.2, 0.25) is 0 Å². The minimum atomic E-state index is -4.47. The molecule has 22 heteroatoms. The molecule has 0 amide bonds. The molecule has 6 aliphatic heterocycles. The van der Waals surface area contributed by atoms with Crippen LogP contribution in [0.5, 0.6) is 0 Å². The van der Waals surface area contributed by atoms with E-state index in [1.54, 1.807) is 0 Å². The summed E-state index contributed by atoms with van der Waals surface area (Å²) in [7, 11) is -35.1. The first-order valence-corrected chi connectivity index (χ1v) is 46.1. The second kappa shape index (κ2) is 17.6. The van der Waals surface area contributed by atoms with Crippen LogP contribution in [0.4, 0.5) is 0 Å². The highest BCUT2D eigenvalue weighted by Gasteiger charge is 2.89. The van der Waals surface area contributed by atoms with Gasteiger partial charge < -0.3 is 53.5 Å². The molecule has 6 heterocycles. The van der Waals surface area contributed by atoms with Crippen LogP contribution in [0.1, 0.15) is 199 Å². The van der Waals surface area contributed by atoms with Gasteiger partial charge in [-0.1, -0.05) is 108 Å². The van der Waals surface area contributed by atoms with Crippen molar-refractivity contribution in [2.24, 2.45) is 17.8 Å². The van der Waals surface area contributed by atoms with Gasteiger partial charge in [0.25, 0.3) is 0 Å². The molecule has 13 nitrogen and oxygen atoms in total. The molecule has 10 bridgehead atoms. The SMILES string of the molecule is C[Si](C)(CCC1CC2C=CC1C2)O[Si]12O[Si]3(C4CCCC4)O[Si]4(C5CCCC5)O[Si](C5CCCC5)(O1)O[Si]1(C5CCCC5)O[Si](C5CCCC5)(O2)O[Si](C2CCCC2)(O3)O[Si](C2CCCC2)(O4)O1. The average Bonchev–Trinajstić information content (AvgIpc) is 4.13. The quantitative estimate of drug-likeness (QED) is 0.136. The summed E-state index contributed by atoms with van der Waals surface area (Å²) in [6.45, 7) is 4.79. The smallest absolute Gasteiger partial charge is 0.395 e. The molecule has 0 radical (unpaired) electrons. The highest BCUT2D eigenvalue weighted by atomic mass is 28.6. The number of fused-ring (bicyclic) bond motifs is 2. The molecule has 14 fully saturated rings. The zero-order valence-corrected chi connectivity index (χ0v) is 50.4. The monoisotopic (exact) mass is 1090 g/mol. The van der Waals surface area contributed by atoms with Crippen molar-refractivity contribution in [3.8, 4) is 0 Å². The van der Waals surface area contributed by atoms with Gasteiger partial charge in [-0.25, -0.2) is 0 Å². The maximum absolute atomic E-state index is 8.55. The normalized spacial score (nSPS) is 49.5. The molecule has 0 aromatic heterocycles. The van der Waals surface area contributed by atoms with E-state index in [2.05, 4.69) is 25.2 Å². The third kappa shape index (κ3) is 7.88. The van der Waals surface area contributed by atoms with Gasteiger partial charge in [-0.3, -0.25) is 0 Å². The van der Waals surface area contributed by atoms with Gasteiger partial charge in [0.15, 0.2) is 8.32 Å². The van der Waals surface area contributed by atoms with Crippen LogP contribution in [-0.2, 0) is 53.5 Å². The zero-order chi connectivity index (χ0) is 45.5. The second-order valence-corrected chi connectivity index (χ2v) is 55.1. The molecule has 15 rings (SSSR count). The standard InChI is InChI=1S/C46H82O13Si9/c1-60(2,34-33-39-36-37-31-32-38(39)35-37)47-68-57-65(44-25-11-12-26-44)51-62(41-19-5-6-20-41)48-61(40-17-3-4-18-40)49-63(53-65,42-21-7-8-22-42)55-67(59-68,46-29-15-16-30-46)56-64(50-61,43-23-9-10-24-43)54-66(52-62,58-68)45-27-13-14-28-45/h31-32,37-46H,3-30,33-36H2,1-2H3. The Kier molecular flexibility index (Phi) is 12.3. The molecular formula is C46H82O13Si9. The largest absolute Gasteiger partial charge is 0.646 e. The van der Waals surface area contributed by atoms with Gasteiger partial charge >= 0.3 is 70.7 Å². The van der Waals surface area contributed by atoms with Gasteiger partial charge in [-0.15, -0.1) is 0 Å². The Bertz CT molecular complexity index is 1740. The Balaban J connectivity index is 1.03. The van der Waals surface area contributed by atoms with Crippen molar-refractivity contribution in [1.29, 1.82) is 0 Å². The van der Waals surface area contributed by atoms with E-state index in [1.165, 1.54) is 12.8 Å². The van der Waals surface area contributed by atoms with Crippen molar-refractivity contribution in [2.45, 2.75) is 257 Å². The maximum atomic E-state index is 8.55. The predicted octanol–water partition coefficient (Wildman–Crippen LogP) is 12.7. The molecule has 15 aliphatic rings. The molecule has 3 atom stereocenters. The van der Waals surface area contributed by atoms with E-state index >= 15 is 0 Å². The van der Waals surface area contributed by atoms with Gasteiger partial charge in [0.05, 0.1) is 0 Å². The van der Waals surface area contributed by atoms with Crippen molar-refractivity contribution >= 4 is 79.0 Å². The first-order valence-electron chi connectivity index (χ1n) is 28.8. The van der Waals surface area contributed by atoms with Crippen LogP contribution in [0.15, 0.2) is 12.2 Å². The third-order valence-electron chi connectivity index (χ3n) is 20.3. The van der Waals surface area contributed by atoms with Crippen LogP contribution in [-0.4, -0.2) is 79.0 Å². The Morgan fingerprint density at radius 1 is 0.368 bits per heavy atom. The van der Waals surface area contributed by atoms with E-state index in [0.717, 1.165) is 198 Å². The predicted molar refractivity (Wildman–Crippen MR) is 271 cm³/mol. The fourth-order valence-corrected chi connectivity index (χ4v) is 75.8. The first-order chi connectivity index (χ1) is 33.0. The van der Waals surface area contributed by atoms with Crippen molar-refractivity contribution in [2.75, 3.05) is 0 Å². The summed E-state index contributed by atoms with van der Waals surface area (Å²) in [4.78, 5) is 0. The fourth-order valence-electron chi connectivity index (χ4n) is 16.7. The molecule has 380 valence electrons. The number of hydrogen-bond acceptors (Lipinski definition) is 13. The number of hydrogen-bond donors (Lipinski definition) is 0. The zero-order valence-electron chi connectivity index (χ0n) is 41.4. The van der Waals surface area contributed by atoms with Crippen molar-refractivity contribution < 1.29 is 53.5 Å². The van der Waals surface area contributed by atoms with E-state index in [1.807, 2.05) is 0 Å². The topological polar surface area (TPSA) is 120 Å². The summed E-state index contributed by atoms with van der Waals surface area (Å²) in [5.74, 6) is 2.10. The Hall–Kier alpha value is 1.17. The van der Waals surface area contributed by atoms with E-state index < -0.39 is 79.0 Å². The third-order valence-corrected chi connectivity index (χ3v) is 62.9. The summed E-state index contributed by atoms with van der Waals surface area (Å²) in [6, 6.07) is 0.992. The maximum Gasteiger partial charge on any atom is 0.646 e.